The molecule has 1 saturated heterocycles. The summed E-state index contributed by atoms with van der Waals surface area (Å²) in [5, 5.41) is 9.47. The number of carbonyl (C=O) groups excluding carboxylic acids is 2. The number of ether oxygens (including phenoxy) is 1. The summed E-state index contributed by atoms with van der Waals surface area (Å²) in [5.74, 6) is 0.433. The van der Waals surface area contributed by atoms with Gasteiger partial charge in [0, 0.05) is 49.6 Å². The molecular formula is C18H29N3O3S. The second-order valence-electron chi connectivity index (χ2n) is 6.75. The molecule has 2 rings (SSSR count). The van der Waals surface area contributed by atoms with E-state index in [1.54, 1.807) is 11.4 Å². The van der Waals surface area contributed by atoms with Crippen molar-refractivity contribution in [1.29, 1.82) is 0 Å². The Hall–Kier alpha value is -1.44. The summed E-state index contributed by atoms with van der Waals surface area (Å²) in [6, 6.07) is 2.12. The van der Waals surface area contributed by atoms with Crippen molar-refractivity contribution in [3.05, 3.63) is 22.4 Å². The molecule has 1 unspecified atom stereocenters. The number of morpholine rings is 1. The van der Waals surface area contributed by atoms with Crippen LogP contribution in [-0.4, -0.2) is 62.1 Å². The average molecular weight is 368 g/mol. The lowest BCUT2D eigenvalue weighted by Crippen LogP contribution is -2.49. The molecule has 1 aromatic heterocycles. The molecule has 0 saturated carbocycles. The Labute approximate surface area is 153 Å². The van der Waals surface area contributed by atoms with Gasteiger partial charge in [0.1, 0.15) is 0 Å². The molecule has 0 bridgehead atoms. The van der Waals surface area contributed by atoms with Crippen LogP contribution in [0.2, 0.25) is 0 Å². The molecule has 2 heterocycles. The Morgan fingerprint density at radius 1 is 1.28 bits per heavy atom. The zero-order chi connectivity index (χ0) is 18.1. The maximum absolute atomic E-state index is 12.1. The van der Waals surface area contributed by atoms with Crippen molar-refractivity contribution >= 4 is 23.2 Å². The third-order valence-corrected chi connectivity index (χ3v) is 4.94. The van der Waals surface area contributed by atoms with Crippen molar-refractivity contribution in [2.45, 2.75) is 32.7 Å². The molecule has 1 aromatic rings. The molecule has 0 spiro atoms. The van der Waals surface area contributed by atoms with Gasteiger partial charge in [-0.05, 0) is 23.8 Å². The molecule has 0 aliphatic carbocycles. The highest BCUT2D eigenvalue weighted by Gasteiger charge is 2.22. The normalized spacial score (nSPS) is 16.6. The zero-order valence-electron chi connectivity index (χ0n) is 15.1. The van der Waals surface area contributed by atoms with E-state index in [1.165, 1.54) is 11.3 Å². The number of nitrogens with zero attached hydrogens (tertiary/aromatic N) is 1. The van der Waals surface area contributed by atoms with Crippen LogP contribution in [0.4, 0.5) is 0 Å². The van der Waals surface area contributed by atoms with Crippen LogP contribution in [0.15, 0.2) is 16.8 Å². The van der Waals surface area contributed by atoms with Crippen molar-refractivity contribution in [2.24, 2.45) is 5.92 Å². The van der Waals surface area contributed by atoms with Crippen molar-refractivity contribution in [3.63, 3.8) is 0 Å². The average Bonchev–Trinajstić information content (AvgIpc) is 3.13. The fraction of sp³-hybridized carbons (Fsp3) is 0.667. The summed E-state index contributed by atoms with van der Waals surface area (Å²) >= 11 is 1.48. The summed E-state index contributed by atoms with van der Waals surface area (Å²) in [5.41, 5.74) is 0.648. The number of amides is 2. The minimum Gasteiger partial charge on any atom is -0.379 e. The minimum atomic E-state index is -0.125. The van der Waals surface area contributed by atoms with Gasteiger partial charge in [-0.1, -0.05) is 13.8 Å². The highest BCUT2D eigenvalue weighted by Crippen LogP contribution is 2.13. The first-order chi connectivity index (χ1) is 12.1. The van der Waals surface area contributed by atoms with Crippen LogP contribution < -0.4 is 10.6 Å². The van der Waals surface area contributed by atoms with Gasteiger partial charge in [0.05, 0.1) is 13.2 Å². The molecule has 140 valence electrons. The van der Waals surface area contributed by atoms with E-state index in [0.717, 1.165) is 32.7 Å². The van der Waals surface area contributed by atoms with Crippen molar-refractivity contribution < 1.29 is 14.3 Å². The van der Waals surface area contributed by atoms with Gasteiger partial charge in [0.2, 0.25) is 5.91 Å². The largest absolute Gasteiger partial charge is 0.379 e. The molecule has 2 amide bonds. The lowest BCUT2D eigenvalue weighted by Gasteiger charge is -2.35. The van der Waals surface area contributed by atoms with Crippen LogP contribution in [0.1, 0.15) is 37.0 Å². The lowest BCUT2D eigenvalue weighted by molar-refractivity contribution is -0.121. The predicted molar refractivity (Wildman–Crippen MR) is 99.9 cm³/mol. The molecule has 0 aromatic carbocycles. The topological polar surface area (TPSA) is 70.7 Å². The minimum absolute atomic E-state index is 0.0207. The first kappa shape index (κ1) is 19.9. The Morgan fingerprint density at radius 2 is 2.04 bits per heavy atom. The fourth-order valence-corrected chi connectivity index (χ4v) is 3.59. The van der Waals surface area contributed by atoms with Crippen LogP contribution in [0.25, 0.3) is 0 Å². The van der Waals surface area contributed by atoms with E-state index in [2.05, 4.69) is 29.4 Å². The van der Waals surface area contributed by atoms with E-state index in [-0.39, 0.29) is 11.8 Å². The maximum atomic E-state index is 12.1. The standard InChI is InChI=1S/C18H29N3O3S/c1-14(2)11-16(21-6-8-24-9-7-21)12-20-17(22)3-5-19-18(23)15-4-10-25-13-15/h4,10,13-14,16H,3,5-9,11-12H2,1-2H3,(H,19,23)(H,20,22). The van der Waals surface area contributed by atoms with Crippen LogP contribution in [0, 0.1) is 5.92 Å². The monoisotopic (exact) mass is 367 g/mol. The Balaban J connectivity index is 1.69. The van der Waals surface area contributed by atoms with E-state index in [0.29, 0.717) is 37.0 Å². The van der Waals surface area contributed by atoms with Gasteiger partial charge in [0.25, 0.3) is 5.91 Å². The van der Waals surface area contributed by atoms with E-state index < -0.39 is 0 Å². The van der Waals surface area contributed by atoms with E-state index in [4.69, 9.17) is 4.74 Å². The number of rotatable bonds is 9. The van der Waals surface area contributed by atoms with Gasteiger partial charge in [-0.2, -0.15) is 11.3 Å². The van der Waals surface area contributed by atoms with Gasteiger partial charge in [-0.25, -0.2) is 0 Å². The van der Waals surface area contributed by atoms with Crippen LogP contribution in [0.3, 0.4) is 0 Å². The van der Waals surface area contributed by atoms with Crippen molar-refractivity contribution in [3.8, 4) is 0 Å². The first-order valence-electron chi connectivity index (χ1n) is 8.95. The Bertz CT molecular complexity index is 528. The summed E-state index contributed by atoms with van der Waals surface area (Å²) in [6.45, 7) is 8.77. The summed E-state index contributed by atoms with van der Waals surface area (Å²) in [7, 11) is 0. The highest BCUT2D eigenvalue weighted by molar-refractivity contribution is 7.08. The van der Waals surface area contributed by atoms with Gasteiger partial charge in [-0.15, -0.1) is 0 Å². The van der Waals surface area contributed by atoms with Gasteiger partial charge < -0.3 is 15.4 Å². The molecule has 2 N–H and O–H groups in total. The van der Waals surface area contributed by atoms with E-state index >= 15 is 0 Å². The first-order valence-corrected chi connectivity index (χ1v) is 9.89. The molecule has 1 atom stereocenters. The van der Waals surface area contributed by atoms with Gasteiger partial charge in [-0.3, -0.25) is 14.5 Å². The molecule has 7 heteroatoms. The predicted octanol–water partition coefficient (Wildman–Crippen LogP) is 1.73. The number of thiophene rings is 1. The zero-order valence-corrected chi connectivity index (χ0v) is 15.9. The summed E-state index contributed by atoms with van der Waals surface area (Å²) in [6.07, 6.45) is 1.35. The maximum Gasteiger partial charge on any atom is 0.252 e. The molecular weight excluding hydrogens is 338 g/mol. The molecule has 1 aliphatic heterocycles. The van der Waals surface area contributed by atoms with Gasteiger partial charge >= 0.3 is 0 Å². The number of nitrogens with one attached hydrogen (secondary N) is 2. The van der Waals surface area contributed by atoms with Gasteiger partial charge in [0.15, 0.2) is 0 Å². The van der Waals surface area contributed by atoms with E-state index in [9.17, 15) is 9.59 Å². The molecule has 25 heavy (non-hydrogen) atoms. The molecule has 1 aliphatic rings. The van der Waals surface area contributed by atoms with Crippen LogP contribution in [0.5, 0.6) is 0 Å². The highest BCUT2D eigenvalue weighted by atomic mass is 32.1. The lowest BCUT2D eigenvalue weighted by atomic mass is 10.0. The second kappa shape index (κ2) is 10.5. The third-order valence-electron chi connectivity index (χ3n) is 4.26. The molecule has 6 nitrogen and oxygen atoms in total. The van der Waals surface area contributed by atoms with Crippen LogP contribution >= 0.6 is 11.3 Å². The van der Waals surface area contributed by atoms with Crippen molar-refractivity contribution in [2.75, 3.05) is 39.4 Å². The molecule has 1 fully saturated rings. The summed E-state index contributed by atoms with van der Waals surface area (Å²) in [4.78, 5) is 26.3. The number of hydrogen-bond acceptors (Lipinski definition) is 5. The smallest absolute Gasteiger partial charge is 0.252 e. The Kier molecular flexibility index (Phi) is 8.37. The second-order valence-corrected chi connectivity index (χ2v) is 7.53. The van der Waals surface area contributed by atoms with Crippen LogP contribution in [-0.2, 0) is 9.53 Å². The number of carbonyl (C=O) groups is 2. The number of hydrogen-bond donors (Lipinski definition) is 2. The SMILES string of the molecule is CC(C)CC(CNC(=O)CCNC(=O)c1ccsc1)N1CCOCC1. The Morgan fingerprint density at radius 3 is 2.68 bits per heavy atom. The summed E-state index contributed by atoms with van der Waals surface area (Å²) < 4.78 is 5.42. The third kappa shape index (κ3) is 7.13. The molecule has 0 radical (unpaired) electrons. The van der Waals surface area contributed by atoms with Crippen molar-refractivity contribution in [1.82, 2.24) is 15.5 Å². The fourth-order valence-electron chi connectivity index (χ4n) is 2.95. The quantitative estimate of drug-likeness (QED) is 0.697. The van der Waals surface area contributed by atoms with E-state index in [1.807, 2.05) is 5.38 Å².